The zero-order chi connectivity index (χ0) is 26.3. The van der Waals surface area contributed by atoms with E-state index in [4.69, 9.17) is 4.74 Å². The molecule has 2 amide bonds. The van der Waals surface area contributed by atoms with Crippen LogP contribution in [-0.4, -0.2) is 75.2 Å². The zero-order valence-electron chi connectivity index (χ0n) is 20.8. The van der Waals surface area contributed by atoms with Crippen molar-refractivity contribution in [2.24, 2.45) is 5.92 Å². The van der Waals surface area contributed by atoms with E-state index in [1.165, 1.54) is 26.3 Å². The molecule has 1 fully saturated rings. The molecule has 10 heteroatoms. The van der Waals surface area contributed by atoms with Gasteiger partial charge in [0.1, 0.15) is 6.04 Å². The van der Waals surface area contributed by atoms with Crippen LogP contribution in [0.5, 0.6) is 0 Å². The Hall–Kier alpha value is -3.24. The second-order valence-electron chi connectivity index (χ2n) is 9.05. The second kappa shape index (κ2) is 12.1. The molecule has 2 aromatic rings. The first-order chi connectivity index (χ1) is 17.1. The summed E-state index contributed by atoms with van der Waals surface area (Å²) in [6, 6.07) is 14.5. The maximum absolute atomic E-state index is 12.8. The predicted molar refractivity (Wildman–Crippen MR) is 135 cm³/mol. The van der Waals surface area contributed by atoms with Crippen LogP contribution in [0.4, 0.5) is 0 Å². The van der Waals surface area contributed by atoms with Crippen molar-refractivity contribution in [2.45, 2.75) is 37.1 Å². The van der Waals surface area contributed by atoms with Gasteiger partial charge in [0.15, 0.2) is 0 Å². The summed E-state index contributed by atoms with van der Waals surface area (Å²) in [5.74, 6) is -1.11. The van der Waals surface area contributed by atoms with Crippen molar-refractivity contribution in [2.75, 3.05) is 33.8 Å². The van der Waals surface area contributed by atoms with Crippen LogP contribution in [0.2, 0.25) is 0 Å². The number of aryl methyl sites for hydroxylation is 1. The lowest BCUT2D eigenvalue weighted by molar-refractivity contribution is -0.145. The molecular weight excluding hydrogens is 482 g/mol. The number of carbonyl (C=O) groups is 3. The highest BCUT2D eigenvalue weighted by Crippen LogP contribution is 2.24. The van der Waals surface area contributed by atoms with Gasteiger partial charge < -0.3 is 15.0 Å². The third-order valence-corrected chi connectivity index (χ3v) is 8.23. The lowest BCUT2D eigenvalue weighted by Gasteiger charge is -2.33. The van der Waals surface area contributed by atoms with Crippen LogP contribution in [0, 0.1) is 12.8 Å². The topological polar surface area (TPSA) is 113 Å². The fourth-order valence-corrected chi connectivity index (χ4v) is 5.37. The fourth-order valence-electron chi connectivity index (χ4n) is 4.24. The second-order valence-corrected chi connectivity index (χ2v) is 11.1. The summed E-state index contributed by atoms with van der Waals surface area (Å²) in [5.41, 5.74) is 1.56. The molecule has 1 unspecified atom stereocenters. The van der Waals surface area contributed by atoms with Gasteiger partial charge in [-0.25, -0.2) is 13.2 Å². The van der Waals surface area contributed by atoms with Crippen LogP contribution in [0.1, 0.15) is 35.2 Å². The summed E-state index contributed by atoms with van der Waals surface area (Å²) in [6.07, 6.45) is 1.72. The number of likely N-dealkylation sites (tertiary alicyclic amines) is 1. The molecule has 2 aromatic carbocycles. The van der Waals surface area contributed by atoms with Crippen LogP contribution in [0.25, 0.3) is 0 Å². The molecule has 0 bridgehead atoms. The normalized spacial score (nSPS) is 15.4. The Bertz CT molecular complexity index is 1160. The molecule has 0 saturated carbocycles. The largest absolute Gasteiger partial charge is 0.467 e. The standard InChI is InChI=1S/C26H33N3O6S/c1-19-9-11-22(12-10-19)36(33,34)28(2)18-24(30)27-23(26(32)35-3)17-20-13-15-29(16-14-20)25(31)21-7-5-4-6-8-21/h4-12,20,23H,13-18H2,1-3H3,(H,27,30). The first kappa shape index (κ1) is 27.3. The van der Waals surface area contributed by atoms with Crippen molar-refractivity contribution in [1.29, 1.82) is 0 Å². The number of nitrogens with zero attached hydrogens (tertiary/aromatic N) is 2. The Morgan fingerprint density at radius 3 is 2.25 bits per heavy atom. The van der Waals surface area contributed by atoms with Gasteiger partial charge in [-0.3, -0.25) is 9.59 Å². The molecule has 1 aliphatic rings. The van der Waals surface area contributed by atoms with Gasteiger partial charge in [-0.1, -0.05) is 35.9 Å². The maximum Gasteiger partial charge on any atom is 0.328 e. The number of sulfonamides is 1. The quantitative estimate of drug-likeness (QED) is 0.513. The van der Waals surface area contributed by atoms with Gasteiger partial charge in [-0.05, 0) is 56.4 Å². The van der Waals surface area contributed by atoms with E-state index in [0.717, 1.165) is 9.87 Å². The highest BCUT2D eigenvalue weighted by atomic mass is 32.2. The molecule has 36 heavy (non-hydrogen) atoms. The van der Waals surface area contributed by atoms with Crippen LogP contribution >= 0.6 is 0 Å². The molecule has 194 valence electrons. The predicted octanol–water partition coefficient (Wildman–Crippen LogP) is 2.22. The van der Waals surface area contributed by atoms with Gasteiger partial charge in [-0.15, -0.1) is 0 Å². The van der Waals surface area contributed by atoms with Crippen molar-refractivity contribution in [1.82, 2.24) is 14.5 Å². The van der Waals surface area contributed by atoms with E-state index in [1.807, 2.05) is 25.1 Å². The number of likely N-dealkylation sites (N-methyl/N-ethyl adjacent to an activating group) is 1. The van der Waals surface area contributed by atoms with Gasteiger partial charge in [-0.2, -0.15) is 4.31 Å². The molecule has 9 nitrogen and oxygen atoms in total. The SMILES string of the molecule is COC(=O)C(CC1CCN(C(=O)c2ccccc2)CC1)NC(=O)CN(C)S(=O)(=O)c1ccc(C)cc1. The average Bonchev–Trinajstić information content (AvgIpc) is 2.88. The summed E-state index contributed by atoms with van der Waals surface area (Å²) < 4.78 is 31.4. The van der Waals surface area contributed by atoms with E-state index >= 15 is 0 Å². The zero-order valence-corrected chi connectivity index (χ0v) is 21.7. The van der Waals surface area contributed by atoms with Gasteiger partial charge in [0, 0.05) is 25.7 Å². The molecule has 0 spiro atoms. The minimum atomic E-state index is -3.86. The van der Waals surface area contributed by atoms with E-state index in [1.54, 1.807) is 29.2 Å². The van der Waals surface area contributed by atoms with E-state index < -0.39 is 34.5 Å². The molecular formula is C26H33N3O6S. The number of ether oxygens (including phenoxy) is 1. The Kier molecular flexibility index (Phi) is 9.22. The number of piperidine rings is 1. The first-order valence-electron chi connectivity index (χ1n) is 11.9. The van der Waals surface area contributed by atoms with Crippen LogP contribution < -0.4 is 5.32 Å². The lowest BCUT2D eigenvalue weighted by Crippen LogP contribution is -2.48. The van der Waals surface area contributed by atoms with Gasteiger partial charge >= 0.3 is 5.97 Å². The summed E-state index contributed by atoms with van der Waals surface area (Å²) in [4.78, 5) is 39.6. The van der Waals surface area contributed by atoms with Gasteiger partial charge in [0.25, 0.3) is 5.91 Å². The van der Waals surface area contributed by atoms with E-state index in [-0.39, 0.29) is 16.7 Å². The molecule has 3 rings (SSSR count). The minimum Gasteiger partial charge on any atom is -0.467 e. The Morgan fingerprint density at radius 2 is 1.67 bits per heavy atom. The maximum atomic E-state index is 12.8. The number of hydrogen-bond acceptors (Lipinski definition) is 6. The van der Waals surface area contributed by atoms with Crippen molar-refractivity contribution in [3.63, 3.8) is 0 Å². The number of carbonyl (C=O) groups excluding carboxylic acids is 3. The van der Waals surface area contributed by atoms with Crippen LogP contribution in [0.15, 0.2) is 59.5 Å². The molecule has 0 radical (unpaired) electrons. The number of hydrogen-bond donors (Lipinski definition) is 1. The Labute approximate surface area is 212 Å². The smallest absolute Gasteiger partial charge is 0.328 e. The monoisotopic (exact) mass is 515 g/mol. The van der Waals surface area contributed by atoms with Gasteiger partial charge in [0.2, 0.25) is 15.9 Å². The average molecular weight is 516 g/mol. The van der Waals surface area contributed by atoms with Crippen LogP contribution in [-0.2, 0) is 24.3 Å². The Morgan fingerprint density at radius 1 is 1.06 bits per heavy atom. The van der Waals surface area contributed by atoms with E-state index in [9.17, 15) is 22.8 Å². The lowest BCUT2D eigenvalue weighted by atomic mass is 9.89. The molecule has 1 aliphatic heterocycles. The molecule has 1 saturated heterocycles. The van der Waals surface area contributed by atoms with Crippen molar-refractivity contribution in [3.05, 3.63) is 65.7 Å². The summed E-state index contributed by atoms with van der Waals surface area (Å²) in [7, 11) is -1.29. The fraction of sp³-hybridized carbons (Fsp3) is 0.423. The highest BCUT2D eigenvalue weighted by Gasteiger charge is 2.31. The van der Waals surface area contributed by atoms with E-state index in [2.05, 4.69) is 5.32 Å². The third-order valence-electron chi connectivity index (χ3n) is 6.41. The number of nitrogens with one attached hydrogen (secondary N) is 1. The number of methoxy groups -OCH3 is 1. The van der Waals surface area contributed by atoms with Crippen molar-refractivity contribution >= 4 is 27.8 Å². The molecule has 0 aromatic heterocycles. The van der Waals surface area contributed by atoms with Crippen LogP contribution in [0.3, 0.4) is 0 Å². The number of esters is 1. The molecule has 1 atom stereocenters. The Balaban J connectivity index is 1.56. The van der Waals surface area contributed by atoms with Crippen molar-refractivity contribution < 1.29 is 27.5 Å². The van der Waals surface area contributed by atoms with Gasteiger partial charge in [0.05, 0.1) is 18.6 Å². The highest BCUT2D eigenvalue weighted by molar-refractivity contribution is 7.89. The summed E-state index contributed by atoms with van der Waals surface area (Å²) >= 11 is 0. The number of amides is 2. The minimum absolute atomic E-state index is 0.0234. The summed E-state index contributed by atoms with van der Waals surface area (Å²) in [6.45, 7) is 2.52. The molecule has 1 N–H and O–H groups in total. The number of rotatable bonds is 9. The summed E-state index contributed by atoms with van der Waals surface area (Å²) in [5, 5.41) is 2.64. The number of benzene rings is 2. The van der Waals surface area contributed by atoms with Crippen molar-refractivity contribution in [3.8, 4) is 0 Å². The molecule has 0 aliphatic carbocycles. The third kappa shape index (κ3) is 6.92. The molecule has 1 heterocycles. The van der Waals surface area contributed by atoms with E-state index in [0.29, 0.717) is 37.9 Å². The first-order valence-corrected chi connectivity index (χ1v) is 13.3.